The van der Waals surface area contributed by atoms with Crippen LogP contribution in [0.1, 0.15) is 24.0 Å². The van der Waals surface area contributed by atoms with Crippen molar-refractivity contribution in [2.24, 2.45) is 5.92 Å². The van der Waals surface area contributed by atoms with Crippen LogP contribution in [0.5, 0.6) is 0 Å². The van der Waals surface area contributed by atoms with E-state index in [1.165, 1.54) is 11.1 Å². The zero-order valence-corrected chi connectivity index (χ0v) is 10.7. The predicted molar refractivity (Wildman–Crippen MR) is 71.2 cm³/mol. The molecule has 4 heteroatoms. The van der Waals surface area contributed by atoms with Gasteiger partial charge in [0.1, 0.15) is 0 Å². The van der Waals surface area contributed by atoms with E-state index < -0.39 is 5.97 Å². The van der Waals surface area contributed by atoms with E-state index in [2.05, 4.69) is 17.9 Å². The lowest BCUT2D eigenvalue weighted by Crippen LogP contribution is -2.35. The number of likely N-dealkylation sites (tertiary alicyclic amines) is 1. The first-order valence-corrected chi connectivity index (χ1v) is 6.36. The van der Waals surface area contributed by atoms with Crippen LogP contribution >= 0.6 is 0 Å². The molecule has 0 unspecified atom stereocenters. The minimum absolute atomic E-state index is 0.159. The van der Waals surface area contributed by atoms with Crippen LogP contribution in [0.3, 0.4) is 0 Å². The first kappa shape index (κ1) is 12.9. The van der Waals surface area contributed by atoms with Gasteiger partial charge in [-0.3, -0.25) is 9.69 Å². The van der Waals surface area contributed by atoms with E-state index >= 15 is 0 Å². The Labute approximate surface area is 107 Å². The molecule has 1 fully saturated rings. The van der Waals surface area contributed by atoms with Crippen molar-refractivity contribution in [3.63, 3.8) is 0 Å². The van der Waals surface area contributed by atoms with Gasteiger partial charge in [-0.2, -0.15) is 0 Å². The number of anilines is 1. The summed E-state index contributed by atoms with van der Waals surface area (Å²) in [5, 5.41) is 8.96. The minimum Gasteiger partial charge on any atom is -0.481 e. The Morgan fingerprint density at radius 2 is 2.11 bits per heavy atom. The van der Waals surface area contributed by atoms with E-state index in [1.54, 1.807) is 0 Å². The lowest BCUT2D eigenvalue weighted by Gasteiger charge is -2.30. The SMILES string of the molecule is Cc1cc(N)ccc1CN1CCC(C(=O)O)CC1. The predicted octanol–water partition coefficient (Wildman–Crippen LogP) is 1.87. The molecule has 0 amide bonds. The number of nitrogens with zero attached hydrogens (tertiary/aromatic N) is 1. The Bertz CT molecular complexity index is 437. The van der Waals surface area contributed by atoms with E-state index in [9.17, 15) is 4.79 Å². The Hall–Kier alpha value is -1.55. The molecule has 0 saturated carbocycles. The van der Waals surface area contributed by atoms with E-state index in [4.69, 9.17) is 10.8 Å². The Balaban J connectivity index is 1.93. The van der Waals surface area contributed by atoms with Crippen molar-refractivity contribution in [1.82, 2.24) is 4.90 Å². The van der Waals surface area contributed by atoms with Gasteiger partial charge in [-0.25, -0.2) is 0 Å². The number of piperidine rings is 1. The van der Waals surface area contributed by atoms with Gasteiger partial charge in [-0.05, 0) is 56.1 Å². The van der Waals surface area contributed by atoms with Gasteiger partial charge in [0, 0.05) is 12.2 Å². The molecule has 98 valence electrons. The highest BCUT2D eigenvalue weighted by Crippen LogP contribution is 2.21. The highest BCUT2D eigenvalue weighted by Gasteiger charge is 2.24. The third kappa shape index (κ3) is 3.01. The third-order valence-electron chi connectivity index (χ3n) is 3.70. The van der Waals surface area contributed by atoms with E-state index in [0.29, 0.717) is 0 Å². The van der Waals surface area contributed by atoms with E-state index in [0.717, 1.165) is 38.2 Å². The largest absolute Gasteiger partial charge is 0.481 e. The monoisotopic (exact) mass is 248 g/mol. The first-order valence-electron chi connectivity index (χ1n) is 6.36. The van der Waals surface area contributed by atoms with Crippen LogP contribution < -0.4 is 5.73 Å². The number of aryl methyl sites for hydroxylation is 1. The number of nitrogens with two attached hydrogens (primary N) is 1. The van der Waals surface area contributed by atoms with Gasteiger partial charge < -0.3 is 10.8 Å². The molecule has 1 heterocycles. The number of hydrogen-bond acceptors (Lipinski definition) is 3. The maximum Gasteiger partial charge on any atom is 0.306 e. The average Bonchev–Trinajstić information content (AvgIpc) is 2.33. The smallest absolute Gasteiger partial charge is 0.306 e. The molecule has 0 aromatic heterocycles. The Morgan fingerprint density at radius 1 is 1.44 bits per heavy atom. The average molecular weight is 248 g/mol. The quantitative estimate of drug-likeness (QED) is 0.801. The van der Waals surface area contributed by atoms with Crippen molar-refractivity contribution in [2.45, 2.75) is 26.3 Å². The molecule has 1 aliphatic heterocycles. The molecular weight excluding hydrogens is 228 g/mol. The lowest BCUT2D eigenvalue weighted by molar-refractivity contribution is -0.143. The molecule has 18 heavy (non-hydrogen) atoms. The molecular formula is C14H20N2O2. The fourth-order valence-electron chi connectivity index (χ4n) is 2.48. The van der Waals surface area contributed by atoms with Crippen molar-refractivity contribution in [1.29, 1.82) is 0 Å². The molecule has 2 rings (SSSR count). The molecule has 1 aliphatic rings. The van der Waals surface area contributed by atoms with Crippen LogP contribution in [0, 0.1) is 12.8 Å². The van der Waals surface area contributed by atoms with Crippen molar-refractivity contribution in [3.05, 3.63) is 29.3 Å². The van der Waals surface area contributed by atoms with Crippen molar-refractivity contribution in [3.8, 4) is 0 Å². The highest BCUT2D eigenvalue weighted by molar-refractivity contribution is 5.70. The number of carboxylic acids is 1. The number of hydrogen-bond donors (Lipinski definition) is 2. The Morgan fingerprint density at radius 3 is 2.67 bits per heavy atom. The molecule has 1 saturated heterocycles. The summed E-state index contributed by atoms with van der Waals surface area (Å²) < 4.78 is 0. The summed E-state index contributed by atoms with van der Waals surface area (Å²) in [6.07, 6.45) is 1.51. The number of nitrogen functional groups attached to an aromatic ring is 1. The summed E-state index contributed by atoms with van der Waals surface area (Å²) in [5.41, 5.74) is 9.01. The standard InChI is InChI=1S/C14H20N2O2/c1-10-8-13(15)3-2-12(10)9-16-6-4-11(5-7-16)14(17)18/h2-3,8,11H,4-7,9,15H2,1H3,(H,17,18). The summed E-state index contributed by atoms with van der Waals surface area (Å²) in [6.45, 7) is 4.68. The summed E-state index contributed by atoms with van der Waals surface area (Å²) >= 11 is 0. The lowest BCUT2D eigenvalue weighted by atomic mass is 9.96. The molecule has 4 nitrogen and oxygen atoms in total. The van der Waals surface area contributed by atoms with Crippen LogP contribution in [0.25, 0.3) is 0 Å². The normalized spacial score (nSPS) is 17.8. The summed E-state index contributed by atoms with van der Waals surface area (Å²) in [4.78, 5) is 13.2. The van der Waals surface area contributed by atoms with Crippen LogP contribution in [0.15, 0.2) is 18.2 Å². The van der Waals surface area contributed by atoms with Crippen molar-refractivity contribution >= 4 is 11.7 Å². The van der Waals surface area contributed by atoms with Crippen LogP contribution in [0.4, 0.5) is 5.69 Å². The number of benzene rings is 1. The van der Waals surface area contributed by atoms with Gasteiger partial charge in [0.2, 0.25) is 0 Å². The molecule has 0 atom stereocenters. The number of carbonyl (C=O) groups is 1. The van der Waals surface area contributed by atoms with Crippen LogP contribution in [0.2, 0.25) is 0 Å². The second-order valence-corrected chi connectivity index (χ2v) is 5.07. The first-order chi connectivity index (χ1) is 8.56. The maximum atomic E-state index is 10.9. The second-order valence-electron chi connectivity index (χ2n) is 5.07. The number of carboxylic acid groups (broad SMARTS) is 1. The molecule has 1 aromatic carbocycles. The molecule has 0 bridgehead atoms. The van der Waals surface area contributed by atoms with Gasteiger partial charge in [0.05, 0.1) is 5.92 Å². The number of aliphatic carboxylic acids is 1. The van der Waals surface area contributed by atoms with Crippen molar-refractivity contribution in [2.75, 3.05) is 18.8 Å². The molecule has 0 spiro atoms. The molecule has 0 aliphatic carbocycles. The van der Waals surface area contributed by atoms with Gasteiger partial charge in [0.25, 0.3) is 0 Å². The molecule has 0 radical (unpaired) electrons. The van der Waals surface area contributed by atoms with Gasteiger partial charge in [-0.1, -0.05) is 6.07 Å². The zero-order valence-electron chi connectivity index (χ0n) is 10.7. The topological polar surface area (TPSA) is 66.6 Å². The van der Waals surface area contributed by atoms with E-state index in [-0.39, 0.29) is 5.92 Å². The number of rotatable bonds is 3. The minimum atomic E-state index is -0.654. The summed E-state index contributed by atoms with van der Waals surface area (Å²) in [7, 11) is 0. The third-order valence-corrected chi connectivity index (χ3v) is 3.70. The zero-order chi connectivity index (χ0) is 13.1. The van der Waals surface area contributed by atoms with Crippen molar-refractivity contribution < 1.29 is 9.90 Å². The van der Waals surface area contributed by atoms with Gasteiger partial charge in [0.15, 0.2) is 0 Å². The highest BCUT2D eigenvalue weighted by atomic mass is 16.4. The second kappa shape index (κ2) is 5.40. The summed E-state index contributed by atoms with van der Waals surface area (Å²) in [6, 6.07) is 5.97. The fourth-order valence-corrected chi connectivity index (χ4v) is 2.48. The molecule has 3 N–H and O–H groups in total. The van der Waals surface area contributed by atoms with Gasteiger partial charge >= 0.3 is 5.97 Å². The van der Waals surface area contributed by atoms with Crippen LogP contribution in [-0.4, -0.2) is 29.1 Å². The van der Waals surface area contributed by atoms with Crippen LogP contribution in [-0.2, 0) is 11.3 Å². The molecule has 1 aromatic rings. The maximum absolute atomic E-state index is 10.9. The Kier molecular flexibility index (Phi) is 3.87. The van der Waals surface area contributed by atoms with E-state index in [1.807, 2.05) is 12.1 Å². The summed E-state index contributed by atoms with van der Waals surface area (Å²) in [5.74, 6) is -0.813. The fraction of sp³-hybridized carbons (Fsp3) is 0.500. The van der Waals surface area contributed by atoms with Gasteiger partial charge in [-0.15, -0.1) is 0 Å².